The maximum Gasteiger partial charge on any atom is 0.266 e. The fraction of sp³-hybridized carbons (Fsp3) is 0.920. The number of unbranched alkanes of at least 4 members (excludes halogenated alkanes) is 4. The van der Waals surface area contributed by atoms with Gasteiger partial charge in [0.2, 0.25) is 0 Å². The molecule has 0 aromatic heterocycles. The van der Waals surface area contributed by atoms with Crippen LogP contribution in [-0.4, -0.2) is 19.5 Å². The molecule has 1 saturated heterocycles. The average molecular weight is 413 g/mol. The van der Waals surface area contributed by atoms with Crippen LogP contribution in [-0.2, 0) is 9.47 Å². The molecule has 0 amide bonds. The first-order chi connectivity index (χ1) is 14.2. The van der Waals surface area contributed by atoms with Crippen molar-refractivity contribution in [3.63, 3.8) is 0 Å². The highest BCUT2D eigenvalue weighted by atomic mass is 19.3. The highest BCUT2D eigenvalue weighted by molar-refractivity contribution is 4.91. The Hall–Kier alpha value is -0.480. The van der Waals surface area contributed by atoms with E-state index < -0.39 is 6.08 Å². The molecule has 2 aliphatic carbocycles. The molecule has 0 aromatic carbocycles. The van der Waals surface area contributed by atoms with Crippen LogP contribution < -0.4 is 0 Å². The van der Waals surface area contributed by atoms with Gasteiger partial charge in [0.25, 0.3) is 6.08 Å². The Morgan fingerprint density at radius 1 is 0.759 bits per heavy atom. The molecule has 0 aromatic rings. The van der Waals surface area contributed by atoms with Crippen molar-refractivity contribution in [3.8, 4) is 0 Å². The zero-order valence-electron chi connectivity index (χ0n) is 18.4. The molecule has 0 spiro atoms. The summed E-state index contributed by atoms with van der Waals surface area (Å²) in [5.41, 5.74) is 0. The molecule has 2 saturated carbocycles. The maximum atomic E-state index is 12.4. The predicted molar refractivity (Wildman–Crippen MR) is 114 cm³/mol. The lowest BCUT2D eigenvalue weighted by Crippen LogP contribution is -2.41. The normalized spacial score (nSPS) is 36.0. The van der Waals surface area contributed by atoms with E-state index in [0.29, 0.717) is 11.8 Å². The van der Waals surface area contributed by atoms with Crippen LogP contribution in [0.3, 0.4) is 0 Å². The minimum Gasteiger partial charge on any atom is -0.352 e. The Bertz CT molecular complexity index is 467. The van der Waals surface area contributed by atoms with Gasteiger partial charge in [-0.2, -0.15) is 8.78 Å². The molecule has 3 fully saturated rings. The topological polar surface area (TPSA) is 18.5 Å². The van der Waals surface area contributed by atoms with Gasteiger partial charge in [-0.15, -0.1) is 0 Å². The minimum atomic E-state index is -1.53. The highest BCUT2D eigenvalue weighted by Crippen LogP contribution is 2.39. The molecule has 1 aliphatic heterocycles. The van der Waals surface area contributed by atoms with E-state index in [2.05, 4.69) is 6.92 Å². The second-order valence-electron chi connectivity index (χ2n) is 9.91. The maximum absolute atomic E-state index is 12.4. The average Bonchev–Trinajstić information content (AvgIpc) is 2.74. The lowest BCUT2D eigenvalue weighted by atomic mass is 9.74. The molecule has 0 bridgehead atoms. The summed E-state index contributed by atoms with van der Waals surface area (Å²) in [6.45, 7) is 3.94. The molecule has 0 atom stereocenters. The van der Waals surface area contributed by atoms with Gasteiger partial charge in [-0.3, -0.25) is 0 Å². The first kappa shape index (κ1) is 23.2. The zero-order valence-corrected chi connectivity index (χ0v) is 18.4. The first-order valence-corrected chi connectivity index (χ1v) is 12.4. The molecule has 0 N–H and O–H groups in total. The van der Waals surface area contributed by atoms with Gasteiger partial charge in [-0.1, -0.05) is 58.3 Å². The van der Waals surface area contributed by atoms with Crippen LogP contribution in [0.15, 0.2) is 12.2 Å². The summed E-state index contributed by atoms with van der Waals surface area (Å²) < 4.78 is 37.2. The van der Waals surface area contributed by atoms with Crippen LogP contribution in [0.25, 0.3) is 0 Å². The Labute approximate surface area is 176 Å². The van der Waals surface area contributed by atoms with Gasteiger partial charge < -0.3 is 9.47 Å². The molecular formula is C25H42F2O2. The fourth-order valence-electron chi connectivity index (χ4n) is 5.82. The second kappa shape index (κ2) is 12.4. The summed E-state index contributed by atoms with van der Waals surface area (Å²) in [5, 5.41) is 0. The van der Waals surface area contributed by atoms with Gasteiger partial charge in [0, 0.05) is 11.8 Å². The van der Waals surface area contributed by atoms with Crippen molar-refractivity contribution >= 4 is 0 Å². The third kappa shape index (κ3) is 7.61. The van der Waals surface area contributed by atoms with Crippen molar-refractivity contribution in [2.75, 3.05) is 13.2 Å². The van der Waals surface area contributed by atoms with E-state index in [-0.39, 0.29) is 12.2 Å². The van der Waals surface area contributed by atoms with Gasteiger partial charge in [-0.05, 0) is 62.4 Å². The summed E-state index contributed by atoms with van der Waals surface area (Å²) in [6.07, 6.45) is 16.9. The molecule has 1 heterocycles. The van der Waals surface area contributed by atoms with Gasteiger partial charge in [-0.25, -0.2) is 0 Å². The van der Waals surface area contributed by atoms with E-state index in [1.165, 1.54) is 64.2 Å². The van der Waals surface area contributed by atoms with Crippen LogP contribution in [0.2, 0.25) is 0 Å². The van der Waals surface area contributed by atoms with Gasteiger partial charge in [0.1, 0.15) is 0 Å². The number of allylic oxidation sites excluding steroid dienone is 1. The van der Waals surface area contributed by atoms with Crippen LogP contribution in [0, 0.1) is 29.6 Å². The molecule has 3 rings (SSSR count). The standard InChI is InChI=1S/C25H42F2O2/c1-2-3-4-5-6-7-19-8-12-21(13-9-19)23-17-28-25(29-18-23)22-14-10-20(11-15-22)16-24(26)27/h16,19-23,25H,2-15,17-18H2,1H3. The fourth-order valence-corrected chi connectivity index (χ4v) is 5.82. The third-order valence-corrected chi connectivity index (χ3v) is 7.79. The monoisotopic (exact) mass is 412 g/mol. The van der Waals surface area contributed by atoms with Gasteiger partial charge >= 0.3 is 0 Å². The summed E-state index contributed by atoms with van der Waals surface area (Å²) in [7, 11) is 0. The van der Waals surface area contributed by atoms with E-state index >= 15 is 0 Å². The lowest BCUT2D eigenvalue weighted by molar-refractivity contribution is -0.236. The summed E-state index contributed by atoms with van der Waals surface area (Å²) >= 11 is 0. The van der Waals surface area contributed by atoms with Gasteiger partial charge in [0.15, 0.2) is 6.29 Å². The lowest BCUT2D eigenvalue weighted by Gasteiger charge is -2.41. The summed E-state index contributed by atoms with van der Waals surface area (Å²) in [5.74, 6) is 2.68. The Kier molecular flexibility index (Phi) is 9.91. The summed E-state index contributed by atoms with van der Waals surface area (Å²) in [4.78, 5) is 0. The molecule has 0 radical (unpaired) electrons. The van der Waals surface area contributed by atoms with E-state index in [1.54, 1.807) is 0 Å². The van der Waals surface area contributed by atoms with Crippen LogP contribution in [0.5, 0.6) is 0 Å². The van der Waals surface area contributed by atoms with E-state index in [1.807, 2.05) is 0 Å². The Morgan fingerprint density at radius 2 is 1.38 bits per heavy atom. The number of rotatable bonds is 9. The first-order valence-electron chi connectivity index (χ1n) is 12.4. The molecule has 29 heavy (non-hydrogen) atoms. The number of ether oxygens (including phenoxy) is 2. The minimum absolute atomic E-state index is 0.0365. The Balaban J connectivity index is 1.29. The SMILES string of the molecule is CCCCCCCC1CCC(C2COC(C3CCC(C=C(F)F)CC3)OC2)CC1. The van der Waals surface area contributed by atoms with E-state index in [9.17, 15) is 8.78 Å². The number of halogens is 2. The van der Waals surface area contributed by atoms with Crippen molar-refractivity contribution in [2.45, 2.75) is 103 Å². The van der Waals surface area contributed by atoms with Crippen LogP contribution in [0.4, 0.5) is 8.78 Å². The predicted octanol–water partition coefficient (Wildman–Crippen LogP) is 7.73. The summed E-state index contributed by atoms with van der Waals surface area (Å²) in [6, 6.07) is 0. The molecule has 168 valence electrons. The van der Waals surface area contributed by atoms with Crippen molar-refractivity contribution in [1.29, 1.82) is 0 Å². The Morgan fingerprint density at radius 3 is 2.00 bits per heavy atom. The smallest absolute Gasteiger partial charge is 0.266 e. The van der Waals surface area contributed by atoms with Crippen molar-refractivity contribution in [1.82, 2.24) is 0 Å². The van der Waals surface area contributed by atoms with E-state index in [0.717, 1.165) is 56.8 Å². The highest BCUT2D eigenvalue weighted by Gasteiger charge is 2.35. The van der Waals surface area contributed by atoms with Gasteiger partial charge in [0.05, 0.1) is 13.2 Å². The number of hydrogen-bond donors (Lipinski definition) is 0. The molecule has 4 heteroatoms. The quantitative estimate of drug-likeness (QED) is 0.361. The van der Waals surface area contributed by atoms with Crippen LogP contribution in [0.1, 0.15) is 96.8 Å². The van der Waals surface area contributed by atoms with Crippen LogP contribution >= 0.6 is 0 Å². The second-order valence-corrected chi connectivity index (χ2v) is 9.91. The van der Waals surface area contributed by atoms with Crippen molar-refractivity contribution in [2.24, 2.45) is 29.6 Å². The zero-order chi connectivity index (χ0) is 20.5. The molecule has 3 aliphatic rings. The van der Waals surface area contributed by atoms with Crippen molar-refractivity contribution in [3.05, 3.63) is 12.2 Å². The largest absolute Gasteiger partial charge is 0.352 e. The number of hydrogen-bond acceptors (Lipinski definition) is 2. The van der Waals surface area contributed by atoms with E-state index in [4.69, 9.17) is 9.47 Å². The molecule has 0 unspecified atom stereocenters. The van der Waals surface area contributed by atoms with Crippen molar-refractivity contribution < 1.29 is 18.3 Å². The molecular weight excluding hydrogens is 370 g/mol. The third-order valence-electron chi connectivity index (χ3n) is 7.79. The molecule has 2 nitrogen and oxygen atoms in total.